The second-order valence-corrected chi connectivity index (χ2v) is 3.70. The van der Waals surface area contributed by atoms with Crippen molar-refractivity contribution in [2.24, 2.45) is 0 Å². The fourth-order valence-corrected chi connectivity index (χ4v) is 1.64. The van der Waals surface area contributed by atoms with Crippen molar-refractivity contribution in [1.29, 1.82) is 0 Å². The lowest BCUT2D eigenvalue weighted by molar-refractivity contribution is 0.120. The molecule has 1 aliphatic heterocycles. The van der Waals surface area contributed by atoms with Crippen LogP contribution in [-0.2, 0) is 9.47 Å². The maximum atomic E-state index is 8.93. The first-order valence-corrected chi connectivity index (χ1v) is 5.44. The van der Waals surface area contributed by atoms with E-state index < -0.39 is 0 Å². The van der Waals surface area contributed by atoms with Crippen LogP contribution in [0.25, 0.3) is 0 Å². The summed E-state index contributed by atoms with van der Waals surface area (Å²) >= 11 is 0. The predicted octanol–water partition coefficient (Wildman–Crippen LogP) is 0.274. The summed E-state index contributed by atoms with van der Waals surface area (Å²) in [6.07, 6.45) is 3.24. The Bertz CT molecular complexity index is 194. The highest BCUT2D eigenvalue weighted by Gasteiger charge is 2.09. The molecule has 0 bridgehead atoms. The summed E-state index contributed by atoms with van der Waals surface area (Å²) in [5, 5.41) is 8.93. The largest absolute Gasteiger partial charge is 0.395 e. The van der Waals surface area contributed by atoms with Crippen LogP contribution in [0.5, 0.6) is 0 Å². The number of hydrogen-bond acceptors (Lipinski definition) is 4. The number of nitrogens with zero attached hydrogens (tertiary/aromatic N) is 1. The molecule has 1 aliphatic rings. The van der Waals surface area contributed by atoms with E-state index in [1.807, 2.05) is 0 Å². The van der Waals surface area contributed by atoms with Gasteiger partial charge in [-0.3, -0.25) is 4.90 Å². The van der Waals surface area contributed by atoms with Gasteiger partial charge in [0.25, 0.3) is 0 Å². The number of hydrogen-bond donors (Lipinski definition) is 1. The molecule has 88 valence electrons. The van der Waals surface area contributed by atoms with E-state index in [9.17, 15) is 0 Å². The molecule has 0 saturated carbocycles. The fourth-order valence-electron chi connectivity index (χ4n) is 1.64. The SMILES string of the molecule is COCCN(CCO)CC1=CCCOC1. The number of methoxy groups -OCH3 is 1. The second-order valence-electron chi connectivity index (χ2n) is 3.70. The van der Waals surface area contributed by atoms with Crippen LogP contribution in [-0.4, -0.2) is 63.2 Å². The highest BCUT2D eigenvalue weighted by molar-refractivity contribution is 5.07. The third-order valence-electron chi connectivity index (χ3n) is 2.44. The van der Waals surface area contributed by atoms with Crippen LogP contribution in [0.1, 0.15) is 6.42 Å². The normalized spacial score (nSPS) is 16.9. The molecule has 0 radical (unpaired) electrons. The van der Waals surface area contributed by atoms with Crippen LogP contribution < -0.4 is 0 Å². The van der Waals surface area contributed by atoms with Crippen molar-refractivity contribution in [2.75, 3.05) is 53.2 Å². The van der Waals surface area contributed by atoms with Crippen molar-refractivity contribution < 1.29 is 14.6 Å². The molecule has 15 heavy (non-hydrogen) atoms. The Morgan fingerprint density at radius 1 is 1.53 bits per heavy atom. The lowest BCUT2D eigenvalue weighted by Gasteiger charge is -2.24. The molecule has 1 heterocycles. The molecule has 0 aromatic rings. The zero-order chi connectivity index (χ0) is 10.9. The number of aliphatic hydroxyl groups excluding tert-OH is 1. The van der Waals surface area contributed by atoms with Crippen molar-refractivity contribution in [3.63, 3.8) is 0 Å². The summed E-state index contributed by atoms with van der Waals surface area (Å²) in [6, 6.07) is 0. The molecule has 1 N–H and O–H groups in total. The van der Waals surface area contributed by atoms with Crippen molar-refractivity contribution >= 4 is 0 Å². The van der Waals surface area contributed by atoms with E-state index in [2.05, 4.69) is 11.0 Å². The average Bonchev–Trinajstić information content (AvgIpc) is 2.28. The predicted molar refractivity (Wildman–Crippen MR) is 58.9 cm³/mol. The van der Waals surface area contributed by atoms with Crippen molar-refractivity contribution in [3.05, 3.63) is 11.6 Å². The van der Waals surface area contributed by atoms with Gasteiger partial charge in [-0.25, -0.2) is 0 Å². The smallest absolute Gasteiger partial charge is 0.0689 e. The molecule has 4 nitrogen and oxygen atoms in total. The van der Waals surface area contributed by atoms with Crippen molar-refractivity contribution in [1.82, 2.24) is 4.90 Å². The van der Waals surface area contributed by atoms with Gasteiger partial charge in [0.05, 0.1) is 26.4 Å². The third kappa shape index (κ3) is 5.28. The molecule has 0 amide bonds. The Morgan fingerprint density at radius 3 is 3.00 bits per heavy atom. The van der Waals surface area contributed by atoms with Gasteiger partial charge in [0.2, 0.25) is 0 Å². The summed E-state index contributed by atoms with van der Waals surface area (Å²) in [5.74, 6) is 0. The van der Waals surface area contributed by atoms with Gasteiger partial charge in [-0.05, 0) is 12.0 Å². The first-order valence-electron chi connectivity index (χ1n) is 5.44. The molecule has 0 fully saturated rings. The quantitative estimate of drug-likeness (QED) is 0.619. The standard InChI is InChI=1S/C11H21NO3/c1-14-8-5-12(4-6-13)9-11-3-2-7-15-10-11/h3,13H,2,4-10H2,1H3. The van der Waals surface area contributed by atoms with E-state index in [4.69, 9.17) is 14.6 Å². The Kier molecular flexibility index (Phi) is 6.59. The zero-order valence-electron chi connectivity index (χ0n) is 9.45. The summed E-state index contributed by atoms with van der Waals surface area (Å²) < 4.78 is 10.4. The van der Waals surface area contributed by atoms with Gasteiger partial charge in [-0.1, -0.05) is 6.08 Å². The molecule has 0 aromatic carbocycles. The van der Waals surface area contributed by atoms with E-state index in [1.165, 1.54) is 5.57 Å². The van der Waals surface area contributed by atoms with E-state index in [0.29, 0.717) is 13.2 Å². The first-order chi connectivity index (χ1) is 7.36. The van der Waals surface area contributed by atoms with E-state index in [-0.39, 0.29) is 6.61 Å². The molecule has 0 spiro atoms. The molecule has 0 aromatic heterocycles. The summed E-state index contributed by atoms with van der Waals surface area (Å²) in [4.78, 5) is 2.18. The van der Waals surface area contributed by atoms with Crippen molar-refractivity contribution in [2.45, 2.75) is 6.42 Å². The molecule has 0 unspecified atom stereocenters. The summed E-state index contributed by atoms with van der Waals surface area (Å²) in [7, 11) is 1.69. The fraction of sp³-hybridized carbons (Fsp3) is 0.818. The van der Waals surface area contributed by atoms with Crippen molar-refractivity contribution in [3.8, 4) is 0 Å². The summed E-state index contributed by atoms with van der Waals surface area (Å²) in [5.41, 5.74) is 1.31. The highest BCUT2D eigenvalue weighted by atomic mass is 16.5. The zero-order valence-corrected chi connectivity index (χ0v) is 9.45. The molecule has 0 aliphatic carbocycles. The maximum absolute atomic E-state index is 8.93. The lowest BCUT2D eigenvalue weighted by Crippen LogP contribution is -2.33. The van der Waals surface area contributed by atoms with E-state index in [0.717, 1.165) is 32.7 Å². The topological polar surface area (TPSA) is 41.9 Å². The van der Waals surface area contributed by atoms with Crippen LogP contribution in [0.15, 0.2) is 11.6 Å². The molecular weight excluding hydrogens is 194 g/mol. The minimum atomic E-state index is 0.192. The number of rotatable bonds is 7. The number of ether oxygens (including phenoxy) is 2. The average molecular weight is 215 g/mol. The lowest BCUT2D eigenvalue weighted by atomic mass is 10.2. The van der Waals surface area contributed by atoms with Gasteiger partial charge in [0.15, 0.2) is 0 Å². The highest BCUT2D eigenvalue weighted by Crippen LogP contribution is 2.07. The number of aliphatic hydroxyl groups is 1. The van der Waals surface area contributed by atoms with Gasteiger partial charge >= 0.3 is 0 Å². The van der Waals surface area contributed by atoms with Crippen LogP contribution in [0.4, 0.5) is 0 Å². The summed E-state index contributed by atoms with van der Waals surface area (Å²) in [6.45, 7) is 4.89. The monoisotopic (exact) mass is 215 g/mol. The molecule has 1 rings (SSSR count). The van der Waals surface area contributed by atoms with Gasteiger partial charge in [0.1, 0.15) is 0 Å². The Hall–Kier alpha value is -0.420. The van der Waals surface area contributed by atoms with Gasteiger partial charge in [-0.2, -0.15) is 0 Å². The minimum absolute atomic E-state index is 0.192. The second kappa shape index (κ2) is 7.82. The molecule has 4 heteroatoms. The first kappa shape index (κ1) is 12.6. The van der Waals surface area contributed by atoms with Gasteiger partial charge in [0, 0.05) is 26.7 Å². The maximum Gasteiger partial charge on any atom is 0.0689 e. The Balaban J connectivity index is 2.31. The molecule has 0 saturated heterocycles. The van der Waals surface area contributed by atoms with E-state index in [1.54, 1.807) is 7.11 Å². The minimum Gasteiger partial charge on any atom is -0.395 e. The van der Waals surface area contributed by atoms with Crippen LogP contribution >= 0.6 is 0 Å². The molecule has 0 atom stereocenters. The third-order valence-corrected chi connectivity index (χ3v) is 2.44. The molecular formula is C11H21NO3. The Morgan fingerprint density at radius 2 is 2.40 bits per heavy atom. The van der Waals surface area contributed by atoms with Crippen LogP contribution in [0.3, 0.4) is 0 Å². The van der Waals surface area contributed by atoms with E-state index >= 15 is 0 Å². The van der Waals surface area contributed by atoms with Gasteiger partial charge in [-0.15, -0.1) is 0 Å². The van der Waals surface area contributed by atoms with Crippen LogP contribution in [0.2, 0.25) is 0 Å². The Labute approximate surface area is 91.5 Å². The van der Waals surface area contributed by atoms with Gasteiger partial charge < -0.3 is 14.6 Å². The van der Waals surface area contributed by atoms with Crippen LogP contribution in [0, 0.1) is 0 Å².